The molecule has 2 aliphatic carbocycles. The summed E-state index contributed by atoms with van der Waals surface area (Å²) in [6.07, 6.45) is 6.23. The van der Waals surface area contributed by atoms with E-state index in [1.807, 2.05) is 6.07 Å². The zero-order valence-electron chi connectivity index (χ0n) is 20.9. The van der Waals surface area contributed by atoms with Crippen molar-refractivity contribution in [2.45, 2.75) is 61.8 Å². The molecule has 0 radical (unpaired) electrons. The van der Waals surface area contributed by atoms with Gasteiger partial charge in [0, 0.05) is 43.6 Å². The van der Waals surface area contributed by atoms with Gasteiger partial charge in [0.1, 0.15) is 0 Å². The maximum absolute atomic E-state index is 12.7. The third-order valence-electron chi connectivity index (χ3n) is 8.12. The summed E-state index contributed by atoms with van der Waals surface area (Å²) in [5, 5.41) is 25.9. The average molecular weight is 542 g/mol. The van der Waals surface area contributed by atoms with E-state index < -0.39 is 20.6 Å². The van der Waals surface area contributed by atoms with Gasteiger partial charge >= 0.3 is 0 Å². The molecular formula is C26H31N5O6S. The number of fused-ring (bicyclic) bond motifs is 3. The van der Waals surface area contributed by atoms with Crippen molar-refractivity contribution in [3.63, 3.8) is 0 Å². The molecule has 0 aromatic heterocycles. The van der Waals surface area contributed by atoms with Crippen LogP contribution < -0.4 is 10.0 Å². The quantitative estimate of drug-likeness (QED) is 0.376. The maximum atomic E-state index is 12.7. The van der Waals surface area contributed by atoms with Crippen molar-refractivity contribution < 1.29 is 18.3 Å². The van der Waals surface area contributed by atoms with Crippen molar-refractivity contribution in [1.82, 2.24) is 10.0 Å². The van der Waals surface area contributed by atoms with E-state index >= 15 is 0 Å². The number of nitro benzene ring substituents is 2. The van der Waals surface area contributed by atoms with Crippen LogP contribution in [0.4, 0.5) is 11.4 Å². The lowest BCUT2D eigenvalue weighted by Crippen LogP contribution is -2.34. The van der Waals surface area contributed by atoms with Gasteiger partial charge in [-0.2, -0.15) is 0 Å². The summed E-state index contributed by atoms with van der Waals surface area (Å²) in [4.78, 5) is 25.9. The van der Waals surface area contributed by atoms with Crippen molar-refractivity contribution in [3.05, 3.63) is 73.8 Å². The summed E-state index contributed by atoms with van der Waals surface area (Å²) in [6, 6.07) is 10.8. The second-order valence-electron chi connectivity index (χ2n) is 10.5. The van der Waals surface area contributed by atoms with E-state index in [1.54, 1.807) is 12.1 Å². The number of aliphatic imine (C=N–C) groups is 1. The Hall–Kier alpha value is -3.38. The van der Waals surface area contributed by atoms with Crippen molar-refractivity contribution >= 4 is 27.2 Å². The Morgan fingerprint density at radius 2 is 1.63 bits per heavy atom. The lowest BCUT2D eigenvalue weighted by atomic mass is 9.79. The van der Waals surface area contributed by atoms with Gasteiger partial charge in [0.2, 0.25) is 10.0 Å². The first-order valence-electron chi connectivity index (χ1n) is 13.0. The molecule has 1 aliphatic heterocycles. The summed E-state index contributed by atoms with van der Waals surface area (Å²) in [7, 11) is -3.96. The average Bonchev–Trinajstić information content (AvgIpc) is 3.34. The van der Waals surface area contributed by atoms with E-state index in [0.717, 1.165) is 62.9 Å². The minimum Gasteiger partial charge on any atom is -0.374 e. The predicted molar refractivity (Wildman–Crippen MR) is 142 cm³/mol. The number of benzene rings is 2. The van der Waals surface area contributed by atoms with Gasteiger partial charge in [-0.3, -0.25) is 25.2 Å². The van der Waals surface area contributed by atoms with Crippen molar-refractivity contribution in [2.75, 3.05) is 13.1 Å². The number of nitrogens with one attached hydrogen (secondary N) is 2. The number of aryl methyl sites for hydroxylation is 1. The number of hydrogen-bond donors (Lipinski definition) is 2. The predicted octanol–water partition coefficient (Wildman–Crippen LogP) is 4.08. The maximum Gasteiger partial charge on any atom is 0.289 e. The van der Waals surface area contributed by atoms with Crippen molar-refractivity contribution in [3.8, 4) is 0 Å². The summed E-state index contributed by atoms with van der Waals surface area (Å²) in [6.45, 7) is 1.09. The zero-order chi connectivity index (χ0) is 26.9. The first-order chi connectivity index (χ1) is 18.2. The topological polar surface area (TPSA) is 157 Å². The molecule has 0 spiro atoms. The molecule has 11 nitrogen and oxygen atoms in total. The first-order valence-corrected chi connectivity index (χ1v) is 14.5. The molecule has 1 saturated carbocycles. The Balaban J connectivity index is 1.08. The summed E-state index contributed by atoms with van der Waals surface area (Å²) >= 11 is 0. The minimum absolute atomic E-state index is 0.143. The van der Waals surface area contributed by atoms with E-state index in [2.05, 4.69) is 10.0 Å². The van der Waals surface area contributed by atoms with Crippen LogP contribution in [0.5, 0.6) is 0 Å². The van der Waals surface area contributed by atoms with Crippen LogP contribution in [0.3, 0.4) is 0 Å². The van der Waals surface area contributed by atoms with Crippen LogP contribution in [0.1, 0.15) is 55.6 Å². The molecule has 202 valence electrons. The molecule has 5 rings (SSSR count). The Bertz CT molecular complexity index is 1370. The molecule has 0 unspecified atom stereocenters. The molecule has 0 saturated heterocycles. The highest BCUT2D eigenvalue weighted by Gasteiger charge is 2.36. The van der Waals surface area contributed by atoms with Crippen LogP contribution in [0, 0.1) is 32.1 Å². The van der Waals surface area contributed by atoms with E-state index in [-0.39, 0.29) is 39.9 Å². The molecule has 2 aromatic carbocycles. The summed E-state index contributed by atoms with van der Waals surface area (Å²) in [5.74, 6) is 1.94. The summed E-state index contributed by atoms with van der Waals surface area (Å²) in [5.41, 5.74) is 1.96. The highest BCUT2D eigenvalue weighted by atomic mass is 32.2. The lowest BCUT2D eigenvalue weighted by Gasteiger charge is -2.29. The van der Waals surface area contributed by atoms with Crippen LogP contribution in [-0.4, -0.2) is 43.2 Å². The number of para-hydroxylation sites is 1. The van der Waals surface area contributed by atoms with Crippen LogP contribution in [0.15, 0.2) is 52.4 Å². The molecule has 0 amide bonds. The van der Waals surface area contributed by atoms with Gasteiger partial charge in [-0.1, -0.05) is 18.2 Å². The number of sulfonamides is 1. The summed E-state index contributed by atoms with van der Waals surface area (Å²) < 4.78 is 27.9. The van der Waals surface area contributed by atoms with Crippen molar-refractivity contribution in [1.29, 1.82) is 0 Å². The van der Waals surface area contributed by atoms with Gasteiger partial charge < -0.3 is 5.32 Å². The third-order valence-corrected chi connectivity index (χ3v) is 9.59. The van der Waals surface area contributed by atoms with E-state index in [1.165, 1.54) is 29.8 Å². The monoisotopic (exact) mass is 541 g/mol. The second-order valence-corrected chi connectivity index (χ2v) is 12.2. The van der Waals surface area contributed by atoms with E-state index in [4.69, 9.17) is 4.99 Å². The molecule has 2 aromatic rings. The minimum atomic E-state index is -3.96. The Kier molecular flexibility index (Phi) is 7.44. The third kappa shape index (κ3) is 5.56. The zero-order valence-corrected chi connectivity index (χ0v) is 21.7. The van der Waals surface area contributed by atoms with Crippen LogP contribution in [0.2, 0.25) is 0 Å². The molecule has 38 heavy (non-hydrogen) atoms. The second kappa shape index (κ2) is 10.8. The standard InChI is InChI=1S/C26H31N5O6S/c32-30(33)20-10-11-21-19(13-20)9-12-23-22(21)14-26(29-23)27-15-17-5-7-18(8-6-17)16-28-38(36,37)25-4-2-1-3-24(25)31(34)35/h1-4,10-11,13,17-18,22-23,28H,5-9,12,14-16H2,(H,27,29)/t17?,18?,22-,23+/m0/s1. The van der Waals surface area contributed by atoms with Gasteiger partial charge in [0.15, 0.2) is 4.90 Å². The van der Waals surface area contributed by atoms with Gasteiger partial charge in [-0.25, -0.2) is 13.1 Å². The van der Waals surface area contributed by atoms with Crippen LogP contribution in [-0.2, 0) is 16.4 Å². The molecule has 2 N–H and O–H groups in total. The smallest absolute Gasteiger partial charge is 0.289 e. The largest absolute Gasteiger partial charge is 0.374 e. The highest BCUT2D eigenvalue weighted by molar-refractivity contribution is 7.89. The lowest BCUT2D eigenvalue weighted by molar-refractivity contribution is -0.387. The number of hydrogen-bond acceptors (Lipinski definition) is 8. The Morgan fingerprint density at radius 1 is 0.921 bits per heavy atom. The molecule has 2 atom stereocenters. The van der Waals surface area contributed by atoms with Crippen molar-refractivity contribution in [2.24, 2.45) is 16.8 Å². The molecule has 1 heterocycles. The molecular weight excluding hydrogens is 510 g/mol. The molecule has 0 bridgehead atoms. The van der Waals surface area contributed by atoms with Gasteiger partial charge in [-0.15, -0.1) is 0 Å². The number of nitrogens with zero attached hydrogens (tertiary/aromatic N) is 3. The number of nitro groups is 2. The first kappa shape index (κ1) is 26.2. The normalized spacial score (nSPS) is 24.7. The van der Waals surface area contributed by atoms with Gasteiger partial charge in [-0.05, 0) is 67.6 Å². The van der Waals surface area contributed by atoms with E-state index in [9.17, 15) is 28.6 Å². The van der Waals surface area contributed by atoms with Gasteiger partial charge in [0.05, 0.1) is 21.7 Å². The Morgan fingerprint density at radius 3 is 2.34 bits per heavy atom. The van der Waals surface area contributed by atoms with E-state index in [0.29, 0.717) is 5.92 Å². The molecule has 3 aliphatic rings. The fourth-order valence-corrected chi connectivity index (χ4v) is 7.30. The van der Waals surface area contributed by atoms with Crippen LogP contribution in [0.25, 0.3) is 0 Å². The van der Waals surface area contributed by atoms with Crippen LogP contribution >= 0.6 is 0 Å². The highest BCUT2D eigenvalue weighted by Crippen LogP contribution is 2.41. The molecule has 12 heteroatoms. The SMILES string of the molecule is O=[N+]([O-])c1ccc2c(c1)CC[C@H]1N=C(NCC3CCC(CNS(=O)(=O)c4ccccc4[N+](=O)[O-])CC3)C[C@@H]21. The van der Waals surface area contributed by atoms with Gasteiger partial charge in [0.25, 0.3) is 11.4 Å². The number of rotatable bonds is 8. The number of non-ortho nitro benzene ring substituents is 1. The fraction of sp³-hybridized carbons (Fsp3) is 0.500. The fourth-order valence-electron chi connectivity index (χ4n) is 6.02. The molecule has 1 fully saturated rings. The Labute approximate surface area is 221 Å². The number of amidine groups is 1.